The van der Waals surface area contributed by atoms with Gasteiger partial charge >= 0.3 is 0 Å². The zero-order chi connectivity index (χ0) is 13.7. The molecule has 0 saturated carbocycles. The molecular weight excluding hydrogens is 240 g/mol. The fraction of sp³-hybridized carbons (Fsp3) is 0.538. The number of hydrogen-bond acceptors (Lipinski definition) is 5. The Morgan fingerprint density at radius 3 is 2.74 bits per heavy atom. The van der Waals surface area contributed by atoms with E-state index in [-0.39, 0.29) is 0 Å². The summed E-state index contributed by atoms with van der Waals surface area (Å²) in [4.78, 5) is 8.73. The van der Waals surface area contributed by atoms with Crippen LogP contribution in [0, 0.1) is 0 Å². The van der Waals surface area contributed by atoms with Crippen molar-refractivity contribution in [1.29, 1.82) is 0 Å². The second kappa shape index (κ2) is 6.26. The predicted molar refractivity (Wildman–Crippen MR) is 74.9 cm³/mol. The van der Waals surface area contributed by atoms with Gasteiger partial charge in [-0.25, -0.2) is 14.6 Å². The molecule has 1 N–H and O–H groups in total. The molecule has 0 spiro atoms. The lowest BCUT2D eigenvalue weighted by molar-refractivity contribution is 0.583. The predicted octanol–water partition coefficient (Wildman–Crippen LogP) is 2.14. The zero-order valence-corrected chi connectivity index (χ0v) is 11.7. The summed E-state index contributed by atoms with van der Waals surface area (Å²) in [7, 11) is 1.88. The highest BCUT2D eigenvalue weighted by Crippen LogP contribution is 2.26. The van der Waals surface area contributed by atoms with E-state index >= 15 is 0 Å². The summed E-state index contributed by atoms with van der Waals surface area (Å²) in [5.41, 5.74) is 3.02. The fourth-order valence-electron chi connectivity index (χ4n) is 2.15. The number of hydrogen-bond donors (Lipinski definition) is 1. The van der Waals surface area contributed by atoms with Crippen LogP contribution in [-0.4, -0.2) is 32.0 Å². The quantitative estimate of drug-likeness (QED) is 0.861. The SMILES string of the molecule is CCCc1c(NC)ncnc1-c1cnnn1CCC. The van der Waals surface area contributed by atoms with Gasteiger partial charge in [-0.1, -0.05) is 25.5 Å². The molecule has 2 heterocycles. The van der Waals surface area contributed by atoms with Gasteiger partial charge < -0.3 is 5.32 Å². The lowest BCUT2D eigenvalue weighted by atomic mass is 10.1. The molecule has 0 aliphatic rings. The van der Waals surface area contributed by atoms with E-state index in [1.165, 1.54) is 0 Å². The molecule has 0 unspecified atom stereocenters. The van der Waals surface area contributed by atoms with Crippen molar-refractivity contribution in [2.24, 2.45) is 0 Å². The van der Waals surface area contributed by atoms with E-state index in [1.54, 1.807) is 12.5 Å². The second-order valence-electron chi connectivity index (χ2n) is 4.39. The van der Waals surface area contributed by atoms with Crippen molar-refractivity contribution in [1.82, 2.24) is 25.0 Å². The first kappa shape index (κ1) is 13.5. The summed E-state index contributed by atoms with van der Waals surface area (Å²) in [6.45, 7) is 5.12. The van der Waals surface area contributed by atoms with E-state index in [9.17, 15) is 0 Å². The third-order valence-corrected chi connectivity index (χ3v) is 2.98. The molecule has 2 aromatic heterocycles. The smallest absolute Gasteiger partial charge is 0.133 e. The van der Waals surface area contributed by atoms with Crippen molar-refractivity contribution in [2.75, 3.05) is 12.4 Å². The number of rotatable bonds is 6. The van der Waals surface area contributed by atoms with E-state index < -0.39 is 0 Å². The molecular formula is C13H20N6. The van der Waals surface area contributed by atoms with Crippen LogP contribution in [0.15, 0.2) is 12.5 Å². The van der Waals surface area contributed by atoms with Gasteiger partial charge in [-0.05, 0) is 12.8 Å². The maximum Gasteiger partial charge on any atom is 0.133 e. The molecule has 2 rings (SSSR count). The van der Waals surface area contributed by atoms with Gasteiger partial charge in [0.05, 0.1) is 11.9 Å². The molecule has 0 fully saturated rings. The van der Waals surface area contributed by atoms with Crippen LogP contribution in [0.1, 0.15) is 32.3 Å². The maximum absolute atomic E-state index is 4.44. The summed E-state index contributed by atoms with van der Waals surface area (Å²) in [6, 6.07) is 0. The Morgan fingerprint density at radius 2 is 2.05 bits per heavy atom. The molecule has 19 heavy (non-hydrogen) atoms. The van der Waals surface area contributed by atoms with Gasteiger partial charge in [-0.15, -0.1) is 5.10 Å². The Balaban J connectivity index is 2.51. The first-order valence-corrected chi connectivity index (χ1v) is 6.72. The standard InChI is InChI=1S/C13H20N6/c1-4-6-10-12(15-9-16-13(10)14-3)11-8-17-18-19(11)7-5-2/h8-9H,4-7H2,1-3H3,(H,14,15,16). The van der Waals surface area contributed by atoms with Crippen LogP contribution in [0.3, 0.4) is 0 Å². The lowest BCUT2D eigenvalue weighted by Crippen LogP contribution is -2.07. The number of anilines is 1. The van der Waals surface area contributed by atoms with Crippen LogP contribution in [0.25, 0.3) is 11.4 Å². The van der Waals surface area contributed by atoms with Crippen molar-refractivity contribution in [3.63, 3.8) is 0 Å². The van der Waals surface area contributed by atoms with Crippen molar-refractivity contribution >= 4 is 5.82 Å². The molecule has 2 aromatic rings. The second-order valence-corrected chi connectivity index (χ2v) is 4.39. The monoisotopic (exact) mass is 260 g/mol. The van der Waals surface area contributed by atoms with Crippen molar-refractivity contribution in [2.45, 2.75) is 39.7 Å². The fourth-order valence-corrected chi connectivity index (χ4v) is 2.15. The minimum Gasteiger partial charge on any atom is -0.373 e. The highest BCUT2D eigenvalue weighted by molar-refractivity contribution is 5.64. The zero-order valence-electron chi connectivity index (χ0n) is 11.7. The third kappa shape index (κ3) is 2.72. The molecule has 6 nitrogen and oxygen atoms in total. The van der Waals surface area contributed by atoms with Gasteiger partial charge in [-0.3, -0.25) is 0 Å². The van der Waals surface area contributed by atoms with Gasteiger partial charge in [0.2, 0.25) is 0 Å². The normalized spacial score (nSPS) is 10.7. The average Bonchev–Trinajstić information content (AvgIpc) is 2.88. The number of nitrogens with one attached hydrogen (secondary N) is 1. The third-order valence-electron chi connectivity index (χ3n) is 2.98. The molecule has 0 saturated heterocycles. The van der Waals surface area contributed by atoms with E-state index in [1.807, 2.05) is 11.7 Å². The summed E-state index contributed by atoms with van der Waals surface area (Å²) < 4.78 is 1.90. The Kier molecular flexibility index (Phi) is 4.43. The average molecular weight is 260 g/mol. The van der Waals surface area contributed by atoms with E-state index in [4.69, 9.17) is 0 Å². The van der Waals surface area contributed by atoms with Crippen molar-refractivity contribution < 1.29 is 0 Å². The largest absolute Gasteiger partial charge is 0.373 e. The van der Waals surface area contributed by atoms with Crippen LogP contribution in [0.2, 0.25) is 0 Å². The molecule has 0 aromatic carbocycles. The van der Waals surface area contributed by atoms with Crippen LogP contribution in [0.5, 0.6) is 0 Å². The van der Waals surface area contributed by atoms with Gasteiger partial charge in [0.1, 0.15) is 17.8 Å². The molecule has 0 amide bonds. The van der Waals surface area contributed by atoms with E-state index in [0.29, 0.717) is 0 Å². The van der Waals surface area contributed by atoms with Crippen LogP contribution >= 0.6 is 0 Å². The minimum absolute atomic E-state index is 0.847. The van der Waals surface area contributed by atoms with Crippen molar-refractivity contribution in [3.8, 4) is 11.4 Å². The number of aromatic nitrogens is 5. The van der Waals surface area contributed by atoms with Gasteiger partial charge in [0.15, 0.2) is 0 Å². The Morgan fingerprint density at radius 1 is 1.21 bits per heavy atom. The lowest BCUT2D eigenvalue weighted by Gasteiger charge is -2.12. The highest BCUT2D eigenvalue weighted by atomic mass is 15.4. The topological polar surface area (TPSA) is 68.5 Å². The van der Waals surface area contributed by atoms with E-state index in [0.717, 1.165) is 48.6 Å². The van der Waals surface area contributed by atoms with Crippen LogP contribution < -0.4 is 5.32 Å². The molecule has 0 atom stereocenters. The van der Waals surface area contributed by atoms with Gasteiger partial charge in [-0.2, -0.15) is 0 Å². The first-order chi connectivity index (χ1) is 9.31. The van der Waals surface area contributed by atoms with Gasteiger partial charge in [0.25, 0.3) is 0 Å². The minimum atomic E-state index is 0.847. The van der Waals surface area contributed by atoms with Crippen LogP contribution in [0.4, 0.5) is 5.82 Å². The molecule has 0 aliphatic carbocycles. The molecule has 0 radical (unpaired) electrons. The van der Waals surface area contributed by atoms with Crippen molar-refractivity contribution in [3.05, 3.63) is 18.1 Å². The Bertz CT molecular complexity index is 534. The summed E-state index contributed by atoms with van der Waals surface area (Å²) in [5, 5.41) is 11.3. The summed E-state index contributed by atoms with van der Waals surface area (Å²) in [6.07, 6.45) is 6.36. The highest BCUT2D eigenvalue weighted by Gasteiger charge is 2.15. The molecule has 6 heteroatoms. The first-order valence-electron chi connectivity index (χ1n) is 6.72. The van der Waals surface area contributed by atoms with E-state index in [2.05, 4.69) is 39.4 Å². The Labute approximate surface area is 113 Å². The van der Waals surface area contributed by atoms with Gasteiger partial charge in [0, 0.05) is 19.2 Å². The summed E-state index contributed by atoms with van der Waals surface area (Å²) >= 11 is 0. The molecule has 0 bridgehead atoms. The van der Waals surface area contributed by atoms with Crippen LogP contribution in [-0.2, 0) is 13.0 Å². The number of aryl methyl sites for hydroxylation is 1. The summed E-state index contributed by atoms with van der Waals surface area (Å²) in [5.74, 6) is 0.885. The molecule has 102 valence electrons. The molecule has 0 aliphatic heterocycles. The number of nitrogens with zero attached hydrogens (tertiary/aromatic N) is 5. The Hall–Kier alpha value is -1.98. The maximum atomic E-state index is 4.44.